The number of aromatic nitrogens is 2. The van der Waals surface area contributed by atoms with Gasteiger partial charge in [0.25, 0.3) is 0 Å². The molecule has 3 aromatic rings. The first kappa shape index (κ1) is 13.9. The zero-order valence-corrected chi connectivity index (χ0v) is 13.8. The van der Waals surface area contributed by atoms with Crippen molar-refractivity contribution in [2.45, 2.75) is 18.8 Å². The zero-order chi connectivity index (χ0) is 13.9. The summed E-state index contributed by atoms with van der Waals surface area (Å²) in [5.41, 5.74) is 3.53. The highest BCUT2D eigenvalue weighted by Gasteiger charge is 2.10. The van der Waals surface area contributed by atoms with Crippen molar-refractivity contribution in [1.82, 2.24) is 9.55 Å². The fourth-order valence-corrected chi connectivity index (χ4v) is 3.07. The van der Waals surface area contributed by atoms with Gasteiger partial charge in [0.1, 0.15) is 5.82 Å². The van der Waals surface area contributed by atoms with Gasteiger partial charge in [-0.3, -0.25) is 0 Å². The van der Waals surface area contributed by atoms with Gasteiger partial charge in [0.15, 0.2) is 0 Å². The van der Waals surface area contributed by atoms with Crippen LogP contribution in [0.15, 0.2) is 48.5 Å². The van der Waals surface area contributed by atoms with Crippen molar-refractivity contribution in [3.63, 3.8) is 0 Å². The summed E-state index contributed by atoms with van der Waals surface area (Å²) in [7, 11) is 0. The van der Waals surface area contributed by atoms with Crippen LogP contribution in [0.4, 0.5) is 0 Å². The van der Waals surface area contributed by atoms with Gasteiger partial charge >= 0.3 is 0 Å². The third-order valence-corrected chi connectivity index (χ3v) is 4.29. The molecular formula is C16H14ClIN2. The van der Waals surface area contributed by atoms with Crippen LogP contribution >= 0.6 is 34.2 Å². The lowest BCUT2D eigenvalue weighted by Gasteiger charge is -2.08. The van der Waals surface area contributed by atoms with E-state index >= 15 is 0 Å². The summed E-state index contributed by atoms with van der Waals surface area (Å²) in [4.78, 5) is 4.63. The van der Waals surface area contributed by atoms with Crippen LogP contribution in [-0.2, 0) is 18.8 Å². The third kappa shape index (κ3) is 2.83. The standard InChI is InChI=1S/C16H14ClIN2/c17-11-16-19-14-10-13(18)6-7-15(14)20(16)9-8-12-4-2-1-3-5-12/h1-7,10H,8-9,11H2. The molecule has 0 unspecified atom stereocenters. The molecule has 3 rings (SSSR count). The minimum atomic E-state index is 0.444. The summed E-state index contributed by atoms with van der Waals surface area (Å²) < 4.78 is 3.43. The maximum atomic E-state index is 6.04. The van der Waals surface area contributed by atoms with E-state index in [1.165, 1.54) is 9.13 Å². The van der Waals surface area contributed by atoms with Crippen LogP contribution in [0.3, 0.4) is 0 Å². The number of aryl methyl sites for hydroxylation is 2. The van der Waals surface area contributed by atoms with E-state index in [4.69, 9.17) is 11.6 Å². The Bertz CT molecular complexity index is 722. The molecule has 0 atom stereocenters. The van der Waals surface area contributed by atoms with Crippen molar-refractivity contribution < 1.29 is 0 Å². The molecule has 0 N–H and O–H groups in total. The second kappa shape index (κ2) is 6.14. The van der Waals surface area contributed by atoms with Crippen LogP contribution in [0.5, 0.6) is 0 Å². The summed E-state index contributed by atoms with van der Waals surface area (Å²) in [6, 6.07) is 16.9. The minimum Gasteiger partial charge on any atom is -0.327 e. The molecule has 1 heterocycles. The molecule has 2 aromatic carbocycles. The molecular weight excluding hydrogens is 383 g/mol. The highest BCUT2D eigenvalue weighted by atomic mass is 127. The summed E-state index contributed by atoms with van der Waals surface area (Å²) in [5, 5.41) is 0. The molecule has 0 fully saturated rings. The van der Waals surface area contributed by atoms with E-state index in [1.807, 2.05) is 6.07 Å². The fourth-order valence-electron chi connectivity index (χ4n) is 2.39. The van der Waals surface area contributed by atoms with Gasteiger partial charge in [0.2, 0.25) is 0 Å². The zero-order valence-electron chi connectivity index (χ0n) is 10.9. The van der Waals surface area contributed by atoms with Gasteiger partial charge in [-0.2, -0.15) is 0 Å². The molecule has 20 heavy (non-hydrogen) atoms. The first-order valence-electron chi connectivity index (χ1n) is 6.52. The van der Waals surface area contributed by atoms with Crippen molar-refractivity contribution in [3.8, 4) is 0 Å². The van der Waals surface area contributed by atoms with Gasteiger partial charge in [-0.05, 0) is 52.8 Å². The molecule has 4 heteroatoms. The molecule has 0 amide bonds. The van der Waals surface area contributed by atoms with Crippen LogP contribution < -0.4 is 0 Å². The Morgan fingerprint density at radius 2 is 1.90 bits per heavy atom. The monoisotopic (exact) mass is 396 g/mol. The summed E-state index contributed by atoms with van der Waals surface area (Å²) >= 11 is 8.35. The molecule has 0 aliphatic carbocycles. The number of fused-ring (bicyclic) bond motifs is 1. The van der Waals surface area contributed by atoms with Crippen LogP contribution in [0.25, 0.3) is 11.0 Å². The summed E-state index contributed by atoms with van der Waals surface area (Å²) in [6.07, 6.45) is 0.988. The molecule has 0 aliphatic heterocycles. The number of imidazole rings is 1. The normalized spacial score (nSPS) is 11.1. The first-order valence-corrected chi connectivity index (χ1v) is 8.14. The Morgan fingerprint density at radius 3 is 2.65 bits per heavy atom. The Hall–Kier alpha value is -1.07. The average molecular weight is 397 g/mol. The van der Waals surface area contributed by atoms with E-state index in [0.29, 0.717) is 5.88 Å². The lowest BCUT2D eigenvalue weighted by molar-refractivity contribution is 0.688. The molecule has 1 aromatic heterocycles. The lowest BCUT2D eigenvalue weighted by Crippen LogP contribution is -2.05. The predicted octanol–water partition coefficient (Wildman–Crippen LogP) is 4.62. The maximum Gasteiger partial charge on any atom is 0.124 e. The van der Waals surface area contributed by atoms with Crippen molar-refractivity contribution >= 4 is 45.2 Å². The van der Waals surface area contributed by atoms with E-state index in [2.05, 4.69) is 74.6 Å². The molecule has 0 radical (unpaired) electrons. The highest BCUT2D eigenvalue weighted by molar-refractivity contribution is 14.1. The Balaban J connectivity index is 1.93. The van der Waals surface area contributed by atoms with Crippen LogP contribution in [0.1, 0.15) is 11.4 Å². The highest BCUT2D eigenvalue weighted by Crippen LogP contribution is 2.20. The largest absolute Gasteiger partial charge is 0.327 e. The summed E-state index contributed by atoms with van der Waals surface area (Å²) in [6.45, 7) is 0.906. The van der Waals surface area contributed by atoms with E-state index < -0.39 is 0 Å². The SMILES string of the molecule is ClCc1nc2cc(I)ccc2n1CCc1ccccc1. The van der Waals surface area contributed by atoms with Gasteiger partial charge < -0.3 is 4.57 Å². The number of rotatable bonds is 4. The van der Waals surface area contributed by atoms with Crippen molar-refractivity contribution in [3.05, 3.63) is 63.5 Å². The van der Waals surface area contributed by atoms with Crippen LogP contribution in [0.2, 0.25) is 0 Å². The number of hydrogen-bond donors (Lipinski definition) is 0. The first-order chi connectivity index (χ1) is 9.78. The maximum absolute atomic E-state index is 6.04. The minimum absolute atomic E-state index is 0.444. The number of benzene rings is 2. The molecule has 0 saturated heterocycles. The number of nitrogens with zero attached hydrogens (tertiary/aromatic N) is 2. The Morgan fingerprint density at radius 1 is 1.10 bits per heavy atom. The topological polar surface area (TPSA) is 17.8 Å². The molecule has 0 aliphatic rings. The third-order valence-electron chi connectivity index (χ3n) is 3.38. The van der Waals surface area contributed by atoms with Gasteiger partial charge in [-0.1, -0.05) is 30.3 Å². The Labute approximate surface area is 136 Å². The molecule has 2 nitrogen and oxygen atoms in total. The average Bonchev–Trinajstić information content (AvgIpc) is 2.83. The van der Waals surface area contributed by atoms with E-state index in [1.54, 1.807) is 0 Å². The number of halogens is 2. The van der Waals surface area contributed by atoms with Crippen molar-refractivity contribution in [1.29, 1.82) is 0 Å². The molecule has 0 spiro atoms. The fraction of sp³-hybridized carbons (Fsp3) is 0.188. The van der Waals surface area contributed by atoms with Gasteiger partial charge in [-0.15, -0.1) is 11.6 Å². The van der Waals surface area contributed by atoms with Crippen molar-refractivity contribution in [2.75, 3.05) is 0 Å². The molecule has 102 valence electrons. The van der Waals surface area contributed by atoms with E-state index in [0.717, 1.165) is 29.8 Å². The predicted molar refractivity (Wildman–Crippen MR) is 92.2 cm³/mol. The van der Waals surface area contributed by atoms with E-state index in [9.17, 15) is 0 Å². The van der Waals surface area contributed by atoms with Gasteiger partial charge in [0.05, 0.1) is 16.9 Å². The molecule has 0 saturated carbocycles. The lowest BCUT2D eigenvalue weighted by atomic mass is 10.1. The van der Waals surface area contributed by atoms with Crippen LogP contribution in [0, 0.1) is 3.57 Å². The Kier molecular flexibility index (Phi) is 4.27. The summed E-state index contributed by atoms with van der Waals surface area (Å²) in [5.74, 6) is 1.39. The second-order valence-electron chi connectivity index (χ2n) is 4.68. The number of hydrogen-bond acceptors (Lipinski definition) is 1. The molecule has 0 bridgehead atoms. The smallest absolute Gasteiger partial charge is 0.124 e. The van der Waals surface area contributed by atoms with Gasteiger partial charge in [0, 0.05) is 10.1 Å². The van der Waals surface area contributed by atoms with Crippen LogP contribution in [-0.4, -0.2) is 9.55 Å². The van der Waals surface area contributed by atoms with Gasteiger partial charge in [-0.25, -0.2) is 4.98 Å². The van der Waals surface area contributed by atoms with E-state index in [-0.39, 0.29) is 0 Å². The quantitative estimate of drug-likeness (QED) is 0.465. The second-order valence-corrected chi connectivity index (χ2v) is 6.19. The number of alkyl halides is 1. The van der Waals surface area contributed by atoms with Crippen molar-refractivity contribution in [2.24, 2.45) is 0 Å².